The number of piperazine rings is 1. The molecule has 0 aromatic rings. The Morgan fingerprint density at radius 2 is 1.81 bits per heavy atom. The molecule has 1 heterocycles. The second kappa shape index (κ2) is 5.30. The topological polar surface area (TPSA) is 52.7 Å². The fourth-order valence-corrected chi connectivity index (χ4v) is 1.69. The van der Waals surface area contributed by atoms with Crippen LogP contribution in [0.25, 0.3) is 0 Å². The number of hydrogen-bond acceptors (Lipinski definition) is 3. The molecule has 1 fully saturated rings. The average Bonchev–Trinajstić information content (AvgIpc) is 2.16. The Kier molecular flexibility index (Phi) is 4.29. The summed E-state index contributed by atoms with van der Waals surface area (Å²) in [4.78, 5) is 26.0. The second-order valence-corrected chi connectivity index (χ2v) is 5.22. The van der Waals surface area contributed by atoms with E-state index in [-0.39, 0.29) is 11.4 Å². The van der Waals surface area contributed by atoms with E-state index in [1.165, 1.54) is 0 Å². The molecule has 1 saturated heterocycles. The fraction of sp³-hybridized carbons (Fsp3) is 0.818. The molecule has 5 heteroatoms. The molecule has 16 heavy (non-hydrogen) atoms. The van der Waals surface area contributed by atoms with Crippen LogP contribution in [0.3, 0.4) is 0 Å². The van der Waals surface area contributed by atoms with Crippen molar-refractivity contribution in [2.75, 3.05) is 32.7 Å². The van der Waals surface area contributed by atoms with Crippen LogP contribution in [0.5, 0.6) is 0 Å². The monoisotopic (exact) mass is 227 g/mol. The van der Waals surface area contributed by atoms with E-state index < -0.39 is 0 Å². The molecule has 0 saturated carbocycles. The SMILES string of the molecule is CC(C)(C)NC(=O)CN1CCN(C=O)CC1. The molecule has 1 aliphatic heterocycles. The number of nitrogens with one attached hydrogen (secondary N) is 1. The van der Waals surface area contributed by atoms with Crippen molar-refractivity contribution in [2.24, 2.45) is 0 Å². The van der Waals surface area contributed by atoms with Crippen LogP contribution in [-0.2, 0) is 9.59 Å². The maximum atomic E-state index is 11.6. The van der Waals surface area contributed by atoms with E-state index in [0.717, 1.165) is 19.5 Å². The van der Waals surface area contributed by atoms with E-state index in [2.05, 4.69) is 10.2 Å². The predicted molar refractivity (Wildman–Crippen MR) is 62.0 cm³/mol. The van der Waals surface area contributed by atoms with Crippen LogP contribution >= 0.6 is 0 Å². The van der Waals surface area contributed by atoms with Gasteiger partial charge in [-0.2, -0.15) is 0 Å². The van der Waals surface area contributed by atoms with Gasteiger partial charge in [0.1, 0.15) is 0 Å². The van der Waals surface area contributed by atoms with Crippen molar-refractivity contribution in [1.29, 1.82) is 0 Å². The summed E-state index contributed by atoms with van der Waals surface area (Å²) in [5.41, 5.74) is -0.179. The highest BCUT2D eigenvalue weighted by Crippen LogP contribution is 2.01. The summed E-state index contributed by atoms with van der Waals surface area (Å²) < 4.78 is 0. The third-order valence-electron chi connectivity index (χ3n) is 2.44. The predicted octanol–water partition coefficient (Wildman–Crippen LogP) is -0.325. The van der Waals surface area contributed by atoms with Gasteiger partial charge in [-0.25, -0.2) is 0 Å². The van der Waals surface area contributed by atoms with E-state index in [1.54, 1.807) is 4.90 Å². The number of carbonyl (C=O) groups excluding carboxylic acids is 2. The van der Waals surface area contributed by atoms with Gasteiger partial charge in [0.15, 0.2) is 0 Å². The molecule has 1 aliphatic rings. The Bertz CT molecular complexity index is 252. The van der Waals surface area contributed by atoms with Gasteiger partial charge in [-0.1, -0.05) is 0 Å². The van der Waals surface area contributed by atoms with Crippen molar-refractivity contribution in [3.63, 3.8) is 0 Å². The van der Waals surface area contributed by atoms with E-state index >= 15 is 0 Å². The lowest BCUT2D eigenvalue weighted by Crippen LogP contribution is -2.51. The first-order valence-corrected chi connectivity index (χ1v) is 5.63. The molecule has 0 radical (unpaired) electrons. The van der Waals surface area contributed by atoms with Crippen LogP contribution in [-0.4, -0.2) is 60.4 Å². The number of hydrogen-bond donors (Lipinski definition) is 1. The molecule has 0 aromatic carbocycles. The molecule has 0 spiro atoms. The number of nitrogens with zero attached hydrogens (tertiary/aromatic N) is 2. The number of rotatable bonds is 3. The zero-order chi connectivity index (χ0) is 12.2. The third-order valence-corrected chi connectivity index (χ3v) is 2.44. The Balaban J connectivity index is 2.28. The van der Waals surface area contributed by atoms with Crippen LogP contribution in [0, 0.1) is 0 Å². The van der Waals surface area contributed by atoms with Crippen LogP contribution in [0.4, 0.5) is 0 Å². The second-order valence-electron chi connectivity index (χ2n) is 5.22. The number of carbonyl (C=O) groups is 2. The minimum absolute atomic E-state index is 0.0482. The zero-order valence-corrected chi connectivity index (χ0v) is 10.3. The minimum Gasteiger partial charge on any atom is -0.350 e. The van der Waals surface area contributed by atoms with Crippen molar-refractivity contribution in [1.82, 2.24) is 15.1 Å². The summed E-state index contributed by atoms with van der Waals surface area (Å²) in [6.45, 7) is 9.30. The van der Waals surface area contributed by atoms with Crippen molar-refractivity contribution in [3.05, 3.63) is 0 Å². The Labute approximate surface area is 96.8 Å². The smallest absolute Gasteiger partial charge is 0.234 e. The Hall–Kier alpha value is -1.10. The zero-order valence-electron chi connectivity index (χ0n) is 10.3. The first-order chi connectivity index (χ1) is 7.40. The van der Waals surface area contributed by atoms with Gasteiger partial charge in [0.2, 0.25) is 12.3 Å². The maximum absolute atomic E-state index is 11.6. The summed E-state index contributed by atoms with van der Waals surface area (Å²) in [6, 6.07) is 0. The first kappa shape index (κ1) is 13.0. The molecule has 2 amide bonds. The van der Waals surface area contributed by atoms with E-state index in [1.807, 2.05) is 20.8 Å². The molecule has 92 valence electrons. The quantitative estimate of drug-likeness (QED) is 0.672. The van der Waals surface area contributed by atoms with Crippen LogP contribution in [0.1, 0.15) is 20.8 Å². The summed E-state index contributed by atoms with van der Waals surface area (Å²) >= 11 is 0. The summed E-state index contributed by atoms with van der Waals surface area (Å²) in [7, 11) is 0. The normalized spacial score (nSPS) is 18.3. The van der Waals surface area contributed by atoms with Gasteiger partial charge in [0.05, 0.1) is 6.54 Å². The molecule has 1 rings (SSSR count). The van der Waals surface area contributed by atoms with E-state index in [4.69, 9.17) is 0 Å². The van der Waals surface area contributed by atoms with Crippen molar-refractivity contribution in [2.45, 2.75) is 26.3 Å². The fourth-order valence-electron chi connectivity index (χ4n) is 1.69. The summed E-state index contributed by atoms with van der Waals surface area (Å²) in [6.07, 6.45) is 0.868. The molecule has 0 aliphatic carbocycles. The average molecular weight is 227 g/mol. The lowest BCUT2D eigenvalue weighted by Gasteiger charge is -2.32. The molecule has 5 nitrogen and oxygen atoms in total. The first-order valence-electron chi connectivity index (χ1n) is 5.63. The highest BCUT2D eigenvalue weighted by atomic mass is 16.2. The molecule has 0 aromatic heterocycles. The molecule has 1 N–H and O–H groups in total. The third kappa shape index (κ3) is 4.61. The van der Waals surface area contributed by atoms with Gasteiger partial charge in [-0.05, 0) is 20.8 Å². The van der Waals surface area contributed by atoms with Gasteiger partial charge in [0, 0.05) is 31.7 Å². The van der Waals surface area contributed by atoms with Gasteiger partial charge >= 0.3 is 0 Å². The lowest BCUT2D eigenvalue weighted by molar-refractivity contribution is -0.124. The van der Waals surface area contributed by atoms with Crippen molar-refractivity contribution in [3.8, 4) is 0 Å². The molecular weight excluding hydrogens is 206 g/mol. The van der Waals surface area contributed by atoms with E-state index in [9.17, 15) is 9.59 Å². The minimum atomic E-state index is -0.179. The Morgan fingerprint density at radius 3 is 2.25 bits per heavy atom. The number of amides is 2. The van der Waals surface area contributed by atoms with Crippen LogP contribution in [0.2, 0.25) is 0 Å². The largest absolute Gasteiger partial charge is 0.350 e. The van der Waals surface area contributed by atoms with E-state index in [0.29, 0.717) is 19.6 Å². The highest BCUT2D eigenvalue weighted by Gasteiger charge is 2.20. The van der Waals surface area contributed by atoms with Crippen molar-refractivity contribution < 1.29 is 9.59 Å². The Morgan fingerprint density at radius 1 is 1.25 bits per heavy atom. The van der Waals surface area contributed by atoms with Gasteiger partial charge in [0.25, 0.3) is 0 Å². The van der Waals surface area contributed by atoms with Crippen molar-refractivity contribution >= 4 is 12.3 Å². The standard InChI is InChI=1S/C11H21N3O2/c1-11(2,3)12-10(16)8-13-4-6-14(9-15)7-5-13/h9H,4-8H2,1-3H3,(H,12,16). The van der Waals surface area contributed by atoms with Crippen LogP contribution in [0.15, 0.2) is 0 Å². The molecular formula is C11H21N3O2. The highest BCUT2D eigenvalue weighted by molar-refractivity contribution is 5.78. The van der Waals surface area contributed by atoms with Gasteiger partial charge < -0.3 is 10.2 Å². The molecule has 0 atom stereocenters. The molecule has 0 bridgehead atoms. The van der Waals surface area contributed by atoms with Gasteiger partial charge in [-0.15, -0.1) is 0 Å². The molecule has 0 unspecified atom stereocenters. The van der Waals surface area contributed by atoms with Gasteiger partial charge in [-0.3, -0.25) is 14.5 Å². The van der Waals surface area contributed by atoms with Crippen LogP contribution < -0.4 is 5.32 Å². The summed E-state index contributed by atoms with van der Waals surface area (Å²) in [5.74, 6) is 0.0482. The lowest BCUT2D eigenvalue weighted by atomic mass is 10.1. The summed E-state index contributed by atoms with van der Waals surface area (Å²) in [5, 5.41) is 2.93. The maximum Gasteiger partial charge on any atom is 0.234 e.